The molecule has 0 aliphatic carbocycles. The van der Waals surface area contributed by atoms with Crippen LogP contribution in [0.1, 0.15) is 22.8 Å². The molecule has 0 unspecified atom stereocenters. The Kier molecular flexibility index (Phi) is 5.28. The summed E-state index contributed by atoms with van der Waals surface area (Å²) >= 11 is 0. The number of hydrogen-bond donors (Lipinski definition) is 0. The van der Waals surface area contributed by atoms with Gasteiger partial charge in [-0.25, -0.2) is 4.79 Å². The largest absolute Gasteiger partial charge is 0.493 e. The molecule has 0 aliphatic rings. The standard InChI is InChI=1S/C13H15F3O5/c1-5-21-12(17)7-6-8(18-2)10(19-3)11(20-4)9(7)13(14,15)16/h6H,5H2,1-4H3. The second-order valence-electron chi connectivity index (χ2n) is 3.79. The van der Waals surface area contributed by atoms with Crippen LogP contribution < -0.4 is 14.2 Å². The zero-order valence-corrected chi connectivity index (χ0v) is 12.0. The van der Waals surface area contributed by atoms with Gasteiger partial charge in [-0.05, 0) is 13.0 Å². The van der Waals surface area contributed by atoms with Crippen molar-refractivity contribution in [1.82, 2.24) is 0 Å². The van der Waals surface area contributed by atoms with Crippen molar-refractivity contribution in [1.29, 1.82) is 0 Å². The van der Waals surface area contributed by atoms with E-state index >= 15 is 0 Å². The predicted octanol–water partition coefficient (Wildman–Crippen LogP) is 2.91. The lowest BCUT2D eigenvalue weighted by Gasteiger charge is -2.20. The first kappa shape index (κ1) is 16.9. The van der Waals surface area contributed by atoms with Gasteiger partial charge in [0.05, 0.1) is 33.5 Å². The smallest absolute Gasteiger partial charge is 0.420 e. The van der Waals surface area contributed by atoms with Crippen molar-refractivity contribution in [3.8, 4) is 17.2 Å². The fraction of sp³-hybridized carbons (Fsp3) is 0.462. The highest BCUT2D eigenvalue weighted by atomic mass is 19.4. The fourth-order valence-corrected chi connectivity index (χ4v) is 1.81. The third kappa shape index (κ3) is 3.32. The monoisotopic (exact) mass is 308 g/mol. The fourth-order valence-electron chi connectivity index (χ4n) is 1.81. The van der Waals surface area contributed by atoms with Gasteiger partial charge in [0.2, 0.25) is 5.75 Å². The first-order valence-electron chi connectivity index (χ1n) is 5.89. The van der Waals surface area contributed by atoms with E-state index in [1.165, 1.54) is 21.1 Å². The molecule has 0 saturated carbocycles. The highest BCUT2D eigenvalue weighted by molar-refractivity contribution is 5.93. The second kappa shape index (κ2) is 6.55. The number of methoxy groups -OCH3 is 3. The molecule has 0 aliphatic heterocycles. The maximum absolute atomic E-state index is 13.3. The summed E-state index contributed by atoms with van der Waals surface area (Å²) in [5.74, 6) is -2.07. The van der Waals surface area contributed by atoms with Gasteiger partial charge in [-0.1, -0.05) is 0 Å². The van der Waals surface area contributed by atoms with Crippen molar-refractivity contribution >= 4 is 5.97 Å². The highest BCUT2D eigenvalue weighted by Gasteiger charge is 2.42. The molecule has 0 N–H and O–H groups in total. The van der Waals surface area contributed by atoms with E-state index in [-0.39, 0.29) is 18.1 Å². The van der Waals surface area contributed by atoms with E-state index in [9.17, 15) is 18.0 Å². The molecule has 1 aromatic rings. The van der Waals surface area contributed by atoms with E-state index in [0.29, 0.717) is 0 Å². The lowest BCUT2D eigenvalue weighted by Crippen LogP contribution is -2.17. The number of ether oxygens (including phenoxy) is 4. The summed E-state index contributed by atoms with van der Waals surface area (Å²) in [7, 11) is 3.45. The summed E-state index contributed by atoms with van der Waals surface area (Å²) < 4.78 is 59.0. The van der Waals surface area contributed by atoms with Crippen LogP contribution in [0.5, 0.6) is 17.2 Å². The molecule has 1 aromatic carbocycles. The van der Waals surface area contributed by atoms with Crippen LogP contribution in [0.2, 0.25) is 0 Å². The Morgan fingerprint density at radius 3 is 2.05 bits per heavy atom. The van der Waals surface area contributed by atoms with E-state index in [1.54, 1.807) is 0 Å². The van der Waals surface area contributed by atoms with Crippen LogP contribution in [-0.2, 0) is 10.9 Å². The molecule has 0 atom stereocenters. The summed E-state index contributed by atoms with van der Waals surface area (Å²) in [4.78, 5) is 11.8. The Morgan fingerprint density at radius 2 is 1.67 bits per heavy atom. The molecule has 0 bridgehead atoms. The SMILES string of the molecule is CCOC(=O)c1cc(OC)c(OC)c(OC)c1C(F)(F)F. The van der Waals surface area contributed by atoms with Gasteiger partial charge in [-0.3, -0.25) is 0 Å². The summed E-state index contributed by atoms with van der Waals surface area (Å²) in [6.07, 6.45) is -4.83. The van der Waals surface area contributed by atoms with Crippen LogP contribution >= 0.6 is 0 Å². The second-order valence-corrected chi connectivity index (χ2v) is 3.79. The van der Waals surface area contributed by atoms with Crippen LogP contribution in [0, 0.1) is 0 Å². The number of rotatable bonds is 5. The molecule has 118 valence electrons. The van der Waals surface area contributed by atoms with E-state index in [0.717, 1.165) is 13.2 Å². The van der Waals surface area contributed by atoms with Gasteiger partial charge >= 0.3 is 12.1 Å². The third-order valence-corrected chi connectivity index (χ3v) is 2.61. The van der Waals surface area contributed by atoms with Crippen LogP contribution in [0.25, 0.3) is 0 Å². The minimum Gasteiger partial charge on any atom is -0.493 e. The Hall–Kier alpha value is -2.12. The van der Waals surface area contributed by atoms with E-state index < -0.39 is 29.0 Å². The number of carbonyl (C=O) groups excluding carboxylic acids is 1. The van der Waals surface area contributed by atoms with Gasteiger partial charge in [0.15, 0.2) is 11.5 Å². The van der Waals surface area contributed by atoms with Crippen molar-refractivity contribution in [2.75, 3.05) is 27.9 Å². The lowest BCUT2D eigenvalue weighted by molar-refractivity contribution is -0.139. The summed E-state index contributed by atoms with van der Waals surface area (Å²) in [6, 6.07) is 0.919. The molecule has 0 saturated heterocycles. The number of benzene rings is 1. The third-order valence-electron chi connectivity index (χ3n) is 2.61. The van der Waals surface area contributed by atoms with Gasteiger partial charge < -0.3 is 18.9 Å². The first-order chi connectivity index (χ1) is 9.81. The number of halogens is 3. The van der Waals surface area contributed by atoms with Gasteiger partial charge in [0, 0.05) is 0 Å². The molecule has 0 spiro atoms. The molecule has 1 rings (SSSR count). The minimum absolute atomic E-state index is 0.0627. The predicted molar refractivity (Wildman–Crippen MR) is 67.1 cm³/mol. The Morgan fingerprint density at radius 1 is 1.10 bits per heavy atom. The number of hydrogen-bond acceptors (Lipinski definition) is 5. The van der Waals surface area contributed by atoms with Gasteiger partial charge in [-0.15, -0.1) is 0 Å². The number of alkyl halides is 3. The number of esters is 1. The molecular weight excluding hydrogens is 293 g/mol. The first-order valence-corrected chi connectivity index (χ1v) is 5.89. The highest BCUT2D eigenvalue weighted by Crippen LogP contribution is 2.48. The van der Waals surface area contributed by atoms with Crippen molar-refractivity contribution < 1.29 is 36.9 Å². The van der Waals surface area contributed by atoms with Crippen molar-refractivity contribution in [2.24, 2.45) is 0 Å². The zero-order valence-electron chi connectivity index (χ0n) is 12.0. The zero-order chi connectivity index (χ0) is 16.2. The molecule has 0 aromatic heterocycles. The normalized spacial score (nSPS) is 11.0. The quantitative estimate of drug-likeness (QED) is 0.783. The van der Waals surface area contributed by atoms with E-state index in [4.69, 9.17) is 14.2 Å². The molecule has 0 amide bonds. The number of carbonyl (C=O) groups is 1. The van der Waals surface area contributed by atoms with Crippen molar-refractivity contribution in [3.05, 3.63) is 17.2 Å². The van der Waals surface area contributed by atoms with Crippen LogP contribution in [0.3, 0.4) is 0 Å². The lowest BCUT2D eigenvalue weighted by atomic mass is 10.0. The van der Waals surface area contributed by atoms with E-state index in [1.807, 2.05) is 0 Å². The van der Waals surface area contributed by atoms with Gasteiger partial charge in [0.25, 0.3) is 0 Å². The summed E-state index contributed by atoms with van der Waals surface area (Å²) in [6.45, 7) is 1.43. The molecule has 8 heteroatoms. The molecule has 5 nitrogen and oxygen atoms in total. The molecule has 0 radical (unpaired) electrons. The summed E-state index contributed by atoms with van der Waals surface area (Å²) in [5, 5.41) is 0. The molecule has 21 heavy (non-hydrogen) atoms. The Bertz CT molecular complexity index is 526. The Balaban J connectivity index is 3.72. The minimum atomic E-state index is -4.83. The topological polar surface area (TPSA) is 54.0 Å². The molecular formula is C13H15F3O5. The molecule has 0 fully saturated rings. The molecule has 0 heterocycles. The van der Waals surface area contributed by atoms with Crippen molar-refractivity contribution in [3.63, 3.8) is 0 Å². The average Bonchev–Trinajstić information content (AvgIpc) is 2.43. The van der Waals surface area contributed by atoms with Crippen LogP contribution in [0.15, 0.2) is 6.07 Å². The van der Waals surface area contributed by atoms with E-state index in [2.05, 4.69) is 4.74 Å². The van der Waals surface area contributed by atoms with Gasteiger partial charge in [-0.2, -0.15) is 13.2 Å². The maximum Gasteiger partial charge on any atom is 0.420 e. The average molecular weight is 308 g/mol. The summed E-state index contributed by atoms with van der Waals surface area (Å²) in [5.41, 5.74) is -1.96. The maximum atomic E-state index is 13.3. The van der Waals surface area contributed by atoms with Gasteiger partial charge in [0.1, 0.15) is 5.56 Å². The van der Waals surface area contributed by atoms with Crippen molar-refractivity contribution in [2.45, 2.75) is 13.1 Å². The van der Waals surface area contributed by atoms with Crippen LogP contribution in [0.4, 0.5) is 13.2 Å². The Labute approximate surface area is 119 Å². The van der Waals surface area contributed by atoms with Crippen LogP contribution in [-0.4, -0.2) is 33.9 Å².